The molecule has 3 heterocycles. The predicted octanol–water partition coefficient (Wildman–Crippen LogP) is 6.23. The topological polar surface area (TPSA) is 137 Å². The number of ketones is 1. The molecule has 4 N–H and O–H groups in total. The van der Waals surface area contributed by atoms with E-state index in [1.807, 2.05) is 20.9 Å². The van der Waals surface area contributed by atoms with Gasteiger partial charge in [0, 0.05) is 36.2 Å². The van der Waals surface area contributed by atoms with Crippen molar-refractivity contribution in [2.45, 2.75) is 110 Å². The number of likely N-dealkylation sites (tertiary alicyclic amines) is 1. The molecule has 1 saturated carbocycles. The van der Waals surface area contributed by atoms with Gasteiger partial charge in [-0.05, 0) is 117 Å². The maximum Gasteiger partial charge on any atom is 0.407 e. The van der Waals surface area contributed by atoms with Crippen molar-refractivity contribution in [3.8, 4) is 23.0 Å². The van der Waals surface area contributed by atoms with E-state index in [0.717, 1.165) is 91.7 Å². The first-order valence-corrected chi connectivity index (χ1v) is 20.7. The van der Waals surface area contributed by atoms with Crippen molar-refractivity contribution in [1.82, 2.24) is 26.4 Å². The van der Waals surface area contributed by atoms with Crippen LogP contribution in [-0.2, 0) is 20.7 Å². The highest BCUT2D eigenvalue weighted by Crippen LogP contribution is 2.40. The number of hydrazine groups is 1. The Bertz CT molecular complexity index is 1860. The molecule has 0 radical (unpaired) electrons. The number of nitrogens with zero attached hydrogens (tertiary/aromatic N) is 3. The van der Waals surface area contributed by atoms with Gasteiger partial charge in [0.05, 0.1) is 24.9 Å². The van der Waals surface area contributed by atoms with Crippen LogP contribution in [0.3, 0.4) is 0 Å². The number of hydrogen-bond acceptors (Lipinski definition) is 9. The van der Waals surface area contributed by atoms with E-state index >= 15 is 0 Å². The van der Waals surface area contributed by atoms with Gasteiger partial charge in [-0.15, -0.1) is 0 Å². The predicted molar refractivity (Wildman–Crippen MR) is 223 cm³/mol. The molecule has 11 heteroatoms. The van der Waals surface area contributed by atoms with E-state index in [0.29, 0.717) is 6.54 Å². The lowest BCUT2D eigenvalue weighted by atomic mass is 9.67. The third kappa shape index (κ3) is 9.42. The van der Waals surface area contributed by atoms with Crippen molar-refractivity contribution in [1.29, 1.82) is 0 Å². The second kappa shape index (κ2) is 18.7. The molecule has 1 saturated heterocycles. The smallest absolute Gasteiger partial charge is 0.407 e. The summed E-state index contributed by atoms with van der Waals surface area (Å²) in [5.41, 5.74) is 13.5. The van der Waals surface area contributed by atoms with Crippen molar-refractivity contribution < 1.29 is 19.1 Å². The molecule has 4 aliphatic rings. The number of hydrogen-bond donors (Lipinski definition) is 4. The van der Waals surface area contributed by atoms with Gasteiger partial charge in [-0.1, -0.05) is 65.2 Å². The molecule has 56 heavy (non-hydrogen) atoms. The second-order valence-corrected chi connectivity index (χ2v) is 16.7. The first kappa shape index (κ1) is 41.3. The number of nitrogens with one attached hydrogen (secondary N) is 4. The fraction of sp³-hybridized carbons (Fsp3) is 0.578. The third-order valence-electron chi connectivity index (χ3n) is 12.2. The Labute approximate surface area is 333 Å². The molecule has 7 atom stereocenters. The second-order valence-electron chi connectivity index (χ2n) is 16.7. The molecule has 0 aromatic heterocycles. The lowest BCUT2D eigenvalue weighted by Crippen LogP contribution is -2.55. The molecule has 2 aromatic carbocycles. The minimum Gasteiger partial charge on any atom is -0.453 e. The molecule has 2 aromatic rings. The maximum absolute atomic E-state index is 13.9. The Morgan fingerprint density at radius 3 is 2.38 bits per heavy atom. The first-order chi connectivity index (χ1) is 27.0. The van der Waals surface area contributed by atoms with Crippen LogP contribution in [0.25, 0.3) is 11.1 Å². The van der Waals surface area contributed by atoms with Gasteiger partial charge >= 0.3 is 6.09 Å². The van der Waals surface area contributed by atoms with E-state index in [1.54, 1.807) is 0 Å². The normalized spacial score (nSPS) is 24.7. The molecule has 0 bridgehead atoms. The molecule has 300 valence electrons. The van der Waals surface area contributed by atoms with Crippen LogP contribution in [0.1, 0.15) is 90.7 Å². The highest BCUT2D eigenvalue weighted by Gasteiger charge is 2.44. The number of carbonyl (C=O) groups excluding carboxylic acids is 3. The minimum atomic E-state index is -0.606. The third-order valence-corrected chi connectivity index (χ3v) is 12.2. The van der Waals surface area contributed by atoms with E-state index in [2.05, 4.69) is 101 Å². The Kier molecular flexibility index (Phi) is 13.8. The van der Waals surface area contributed by atoms with Crippen LogP contribution in [0, 0.1) is 41.4 Å². The summed E-state index contributed by atoms with van der Waals surface area (Å²) in [5.74, 6) is 6.95. The Hall–Kier alpha value is -4.37. The number of aliphatic imine (C=N–C) groups is 2. The van der Waals surface area contributed by atoms with Crippen molar-refractivity contribution in [2.24, 2.45) is 39.6 Å². The Morgan fingerprint density at radius 2 is 1.66 bits per heavy atom. The Morgan fingerprint density at radius 1 is 0.911 bits per heavy atom. The van der Waals surface area contributed by atoms with Crippen LogP contribution in [-0.4, -0.2) is 85.6 Å². The minimum absolute atomic E-state index is 0.0358. The van der Waals surface area contributed by atoms with Crippen molar-refractivity contribution >= 4 is 34.9 Å². The zero-order chi connectivity index (χ0) is 39.9. The standard InChI is InChI=1S/C45H61N7O4/c1-27(2)40(50-45(55)56-7)42(53)39-29(5)11-8-13-35(39)43-47-26-34(48-43)22-18-30-16-19-31(20-17-30)32-21-23-36-33(25-32)12-9-14-37(49-36)38-15-10-24-52(38)44(54)41(28(3)4)51-46-6/h16-17,19-21,23,25,27-29,35,38-41,43,46-47,51H,8-15,24,26H2,1-7H3,(H,50,55). The highest BCUT2D eigenvalue weighted by molar-refractivity contribution is 6.03. The molecule has 11 nitrogen and oxygen atoms in total. The summed E-state index contributed by atoms with van der Waals surface area (Å²) in [4.78, 5) is 51.9. The van der Waals surface area contributed by atoms with Crippen LogP contribution < -0.4 is 21.5 Å². The number of rotatable bonds is 11. The number of Topliss-reactive ketones (excluding diaryl/α,β-unsaturated/α-hetero) is 1. The lowest BCUT2D eigenvalue weighted by Gasteiger charge is -2.40. The number of amides is 2. The molecular weight excluding hydrogens is 703 g/mol. The first-order valence-electron chi connectivity index (χ1n) is 20.7. The maximum atomic E-state index is 13.9. The van der Waals surface area contributed by atoms with Crippen molar-refractivity contribution in [3.05, 3.63) is 53.6 Å². The SMILES string of the molecule is CNNC(C(=O)N1CCCC1C1=Nc2ccc(-c3ccc(C#CC4=NC(C5CCCC(C)C5C(=O)C(NC(=O)OC)C(C)C)NC4)cc3)cc2CCC1)C(C)C. The zero-order valence-electron chi connectivity index (χ0n) is 34.3. The molecule has 2 fully saturated rings. The molecule has 2 amide bonds. The quantitative estimate of drug-likeness (QED) is 0.158. The fourth-order valence-electron chi connectivity index (χ4n) is 9.15. The van der Waals surface area contributed by atoms with Crippen molar-refractivity contribution in [3.63, 3.8) is 0 Å². The Balaban J connectivity index is 1.12. The van der Waals surface area contributed by atoms with E-state index in [-0.39, 0.29) is 59.5 Å². The van der Waals surface area contributed by atoms with Gasteiger partial charge in [0.1, 0.15) is 17.9 Å². The summed E-state index contributed by atoms with van der Waals surface area (Å²) in [6.45, 7) is 11.5. The van der Waals surface area contributed by atoms with Crippen LogP contribution in [0.2, 0.25) is 0 Å². The summed E-state index contributed by atoms with van der Waals surface area (Å²) < 4.78 is 4.83. The summed E-state index contributed by atoms with van der Waals surface area (Å²) in [6.07, 6.45) is 6.96. The number of methoxy groups -OCH3 is 1. The zero-order valence-corrected chi connectivity index (χ0v) is 34.3. The summed E-state index contributed by atoms with van der Waals surface area (Å²) >= 11 is 0. The van der Waals surface area contributed by atoms with E-state index < -0.39 is 12.1 Å². The monoisotopic (exact) mass is 763 g/mol. The van der Waals surface area contributed by atoms with Crippen LogP contribution in [0.5, 0.6) is 0 Å². The summed E-state index contributed by atoms with van der Waals surface area (Å²) in [6, 6.07) is 14.1. The number of aryl methyl sites for hydroxylation is 1. The van der Waals surface area contributed by atoms with Crippen LogP contribution >= 0.6 is 0 Å². The van der Waals surface area contributed by atoms with Gasteiger partial charge < -0.3 is 15.0 Å². The largest absolute Gasteiger partial charge is 0.453 e. The lowest BCUT2D eigenvalue weighted by molar-refractivity contribution is -0.134. The molecule has 3 aliphatic heterocycles. The molecule has 0 spiro atoms. The average molecular weight is 764 g/mol. The van der Waals surface area contributed by atoms with Gasteiger partial charge in [-0.25, -0.2) is 10.2 Å². The molecule has 6 rings (SSSR count). The number of ether oxygens (including phenoxy) is 1. The van der Waals surface area contributed by atoms with Gasteiger partial charge in [0.15, 0.2) is 5.78 Å². The van der Waals surface area contributed by atoms with Crippen molar-refractivity contribution in [2.75, 3.05) is 27.2 Å². The fourth-order valence-corrected chi connectivity index (χ4v) is 9.15. The van der Waals surface area contributed by atoms with Gasteiger partial charge in [0.25, 0.3) is 0 Å². The molecule has 1 aliphatic carbocycles. The number of fused-ring (bicyclic) bond motifs is 1. The molecule has 7 unspecified atom stereocenters. The van der Waals surface area contributed by atoms with Gasteiger partial charge in [-0.2, -0.15) is 0 Å². The van der Waals surface area contributed by atoms with Crippen LogP contribution in [0.4, 0.5) is 10.5 Å². The number of benzene rings is 2. The van der Waals surface area contributed by atoms with Crippen LogP contribution in [0.15, 0.2) is 52.4 Å². The molecular formula is C45H61N7O4. The van der Waals surface area contributed by atoms with E-state index in [9.17, 15) is 14.4 Å². The van der Waals surface area contributed by atoms with E-state index in [1.165, 1.54) is 12.7 Å². The van der Waals surface area contributed by atoms with Gasteiger partial charge in [0.2, 0.25) is 5.91 Å². The summed E-state index contributed by atoms with van der Waals surface area (Å²) in [5, 5.41) is 6.32. The highest BCUT2D eigenvalue weighted by atomic mass is 16.5. The number of alkyl carbamates (subject to hydrolysis) is 1. The average Bonchev–Trinajstić information content (AvgIpc) is 3.83. The summed E-state index contributed by atoms with van der Waals surface area (Å²) in [7, 11) is 3.13. The van der Waals surface area contributed by atoms with E-state index in [4.69, 9.17) is 14.7 Å². The van der Waals surface area contributed by atoms with Gasteiger partial charge in [-0.3, -0.25) is 30.3 Å². The number of carbonyl (C=O) groups is 3.